The highest BCUT2D eigenvalue weighted by atomic mass is 19.1. The Bertz CT molecular complexity index is 1170. The standard InChI is InChI=1S/C22H16FN3O2/c23-15-9-7-14(8-10-15)19-21(26-12-13-28-22(26)27)17-5-3-4-16(20(17)25-19)18-6-1-2-11-24-18/h1-11,25H,12-13H2. The number of halogens is 1. The number of ether oxygens (including phenoxy) is 1. The monoisotopic (exact) mass is 373 g/mol. The minimum Gasteiger partial charge on any atom is -0.447 e. The van der Waals surface area contributed by atoms with Crippen molar-refractivity contribution in [3.8, 4) is 22.5 Å². The molecule has 0 atom stereocenters. The smallest absolute Gasteiger partial charge is 0.414 e. The predicted octanol–water partition coefficient (Wildman–Crippen LogP) is 4.99. The van der Waals surface area contributed by atoms with Gasteiger partial charge in [-0.1, -0.05) is 24.3 Å². The van der Waals surface area contributed by atoms with E-state index in [2.05, 4.69) is 9.97 Å². The van der Waals surface area contributed by atoms with Gasteiger partial charge in [0.2, 0.25) is 0 Å². The van der Waals surface area contributed by atoms with Gasteiger partial charge in [0.1, 0.15) is 12.4 Å². The van der Waals surface area contributed by atoms with Crippen LogP contribution in [0.2, 0.25) is 0 Å². The van der Waals surface area contributed by atoms with E-state index in [1.165, 1.54) is 12.1 Å². The number of anilines is 1. The summed E-state index contributed by atoms with van der Waals surface area (Å²) in [5.41, 5.74) is 4.91. The number of aromatic amines is 1. The van der Waals surface area contributed by atoms with Crippen molar-refractivity contribution in [3.05, 3.63) is 72.7 Å². The maximum atomic E-state index is 13.5. The molecule has 1 N–H and O–H groups in total. The van der Waals surface area contributed by atoms with Crippen LogP contribution in [0, 0.1) is 5.82 Å². The Morgan fingerprint density at radius 3 is 2.61 bits per heavy atom. The number of para-hydroxylation sites is 1. The number of cyclic esters (lactones) is 1. The number of benzene rings is 2. The van der Waals surface area contributed by atoms with Gasteiger partial charge in [-0.3, -0.25) is 9.88 Å². The number of aromatic nitrogens is 2. The van der Waals surface area contributed by atoms with E-state index in [0.717, 1.165) is 39.1 Å². The van der Waals surface area contributed by atoms with Gasteiger partial charge in [0, 0.05) is 22.7 Å². The quantitative estimate of drug-likeness (QED) is 0.550. The fourth-order valence-corrected chi connectivity index (χ4v) is 3.64. The molecule has 1 aliphatic rings. The van der Waals surface area contributed by atoms with Gasteiger partial charge in [0.15, 0.2) is 0 Å². The molecule has 5 nitrogen and oxygen atoms in total. The second-order valence-corrected chi connectivity index (χ2v) is 6.56. The number of carbonyl (C=O) groups excluding carboxylic acids is 1. The Labute approximate surface area is 160 Å². The SMILES string of the molecule is O=C1OCCN1c1c(-c2ccc(F)cc2)[nH]c2c(-c3ccccn3)cccc12. The lowest BCUT2D eigenvalue weighted by atomic mass is 10.1. The zero-order valence-electron chi connectivity index (χ0n) is 14.9. The van der Waals surface area contributed by atoms with Crippen LogP contribution < -0.4 is 4.90 Å². The third-order valence-electron chi connectivity index (χ3n) is 4.91. The van der Waals surface area contributed by atoms with E-state index < -0.39 is 0 Å². The minimum absolute atomic E-state index is 0.309. The Balaban J connectivity index is 1.80. The summed E-state index contributed by atoms with van der Waals surface area (Å²) in [6.45, 7) is 0.808. The van der Waals surface area contributed by atoms with E-state index in [4.69, 9.17) is 4.74 Å². The average molecular weight is 373 g/mol. The van der Waals surface area contributed by atoms with Crippen molar-refractivity contribution in [3.63, 3.8) is 0 Å². The molecule has 0 aliphatic carbocycles. The molecular formula is C22H16FN3O2. The molecule has 4 aromatic rings. The summed E-state index contributed by atoms with van der Waals surface area (Å²) in [6, 6.07) is 17.9. The van der Waals surface area contributed by atoms with Gasteiger partial charge in [0.05, 0.1) is 29.1 Å². The number of hydrogen-bond acceptors (Lipinski definition) is 3. The highest BCUT2D eigenvalue weighted by molar-refractivity contribution is 6.11. The molecule has 28 heavy (non-hydrogen) atoms. The van der Waals surface area contributed by atoms with E-state index in [1.807, 2.05) is 36.4 Å². The summed E-state index contributed by atoms with van der Waals surface area (Å²) < 4.78 is 18.6. The summed E-state index contributed by atoms with van der Waals surface area (Å²) in [5.74, 6) is -0.309. The maximum Gasteiger partial charge on any atom is 0.414 e. The van der Waals surface area contributed by atoms with E-state index in [-0.39, 0.29) is 11.9 Å². The fourth-order valence-electron chi connectivity index (χ4n) is 3.64. The first-order valence-electron chi connectivity index (χ1n) is 8.99. The molecule has 5 rings (SSSR count). The van der Waals surface area contributed by atoms with Gasteiger partial charge >= 0.3 is 6.09 Å². The lowest BCUT2D eigenvalue weighted by molar-refractivity contribution is 0.181. The van der Waals surface area contributed by atoms with Gasteiger partial charge in [-0.05, 0) is 36.4 Å². The summed E-state index contributed by atoms with van der Waals surface area (Å²) in [5, 5.41) is 0.890. The summed E-state index contributed by atoms with van der Waals surface area (Å²) in [4.78, 5) is 21.9. The molecule has 0 spiro atoms. The Hall–Kier alpha value is -3.67. The Morgan fingerprint density at radius 2 is 1.89 bits per heavy atom. The summed E-state index contributed by atoms with van der Waals surface area (Å²) in [6.07, 6.45) is 1.36. The zero-order valence-corrected chi connectivity index (χ0v) is 14.9. The molecule has 1 amide bonds. The van der Waals surface area contributed by atoms with Crippen LogP contribution in [0.5, 0.6) is 0 Å². The number of nitrogens with zero attached hydrogens (tertiary/aromatic N) is 2. The van der Waals surface area contributed by atoms with Crippen molar-refractivity contribution in [1.29, 1.82) is 0 Å². The topological polar surface area (TPSA) is 58.2 Å². The lowest BCUT2D eigenvalue weighted by Crippen LogP contribution is -2.23. The molecule has 2 aromatic heterocycles. The normalized spacial score (nSPS) is 13.9. The molecule has 0 unspecified atom stereocenters. The number of H-pyrrole nitrogens is 1. The van der Waals surface area contributed by atoms with Crippen LogP contribution in [0.3, 0.4) is 0 Å². The Kier molecular flexibility index (Phi) is 3.83. The van der Waals surface area contributed by atoms with Crippen LogP contribution in [-0.4, -0.2) is 29.2 Å². The van der Waals surface area contributed by atoms with Crippen molar-refractivity contribution in [1.82, 2.24) is 9.97 Å². The fraction of sp³-hybridized carbons (Fsp3) is 0.0909. The first-order valence-corrected chi connectivity index (χ1v) is 8.99. The van der Waals surface area contributed by atoms with Gasteiger partial charge < -0.3 is 9.72 Å². The first-order chi connectivity index (χ1) is 13.7. The second kappa shape index (κ2) is 6.49. The van der Waals surface area contributed by atoms with Crippen LogP contribution in [0.1, 0.15) is 0 Å². The largest absolute Gasteiger partial charge is 0.447 e. The van der Waals surface area contributed by atoms with Crippen LogP contribution in [0.15, 0.2) is 66.9 Å². The molecule has 2 aromatic carbocycles. The van der Waals surface area contributed by atoms with Crippen molar-refractivity contribution >= 4 is 22.7 Å². The molecule has 0 radical (unpaired) electrons. The number of nitrogens with one attached hydrogen (secondary N) is 1. The van der Waals surface area contributed by atoms with Crippen LogP contribution in [0.25, 0.3) is 33.4 Å². The van der Waals surface area contributed by atoms with Crippen molar-refractivity contribution in [2.45, 2.75) is 0 Å². The summed E-state index contributed by atoms with van der Waals surface area (Å²) in [7, 11) is 0. The van der Waals surface area contributed by atoms with Crippen molar-refractivity contribution in [2.24, 2.45) is 0 Å². The molecule has 1 aliphatic heterocycles. The maximum absolute atomic E-state index is 13.5. The average Bonchev–Trinajstić information content (AvgIpc) is 3.32. The lowest BCUT2D eigenvalue weighted by Gasteiger charge is -2.14. The molecule has 1 fully saturated rings. The summed E-state index contributed by atoms with van der Waals surface area (Å²) >= 11 is 0. The van der Waals surface area contributed by atoms with Gasteiger partial charge in [-0.15, -0.1) is 0 Å². The number of hydrogen-bond donors (Lipinski definition) is 1. The van der Waals surface area contributed by atoms with E-state index in [9.17, 15) is 9.18 Å². The number of amides is 1. The number of pyridine rings is 1. The second-order valence-electron chi connectivity index (χ2n) is 6.56. The molecular weight excluding hydrogens is 357 g/mol. The van der Waals surface area contributed by atoms with Crippen LogP contribution >= 0.6 is 0 Å². The van der Waals surface area contributed by atoms with Crippen molar-refractivity contribution < 1.29 is 13.9 Å². The molecule has 138 valence electrons. The highest BCUT2D eigenvalue weighted by Gasteiger charge is 2.30. The zero-order chi connectivity index (χ0) is 19.1. The molecule has 1 saturated heterocycles. The van der Waals surface area contributed by atoms with Crippen molar-refractivity contribution in [2.75, 3.05) is 18.1 Å². The van der Waals surface area contributed by atoms with Gasteiger partial charge in [0.25, 0.3) is 0 Å². The Morgan fingerprint density at radius 1 is 1.04 bits per heavy atom. The molecule has 3 heterocycles. The highest BCUT2D eigenvalue weighted by Crippen LogP contribution is 2.41. The molecule has 0 bridgehead atoms. The van der Waals surface area contributed by atoms with Gasteiger partial charge in [-0.2, -0.15) is 0 Å². The molecule has 6 heteroatoms. The third-order valence-corrected chi connectivity index (χ3v) is 4.91. The van der Waals surface area contributed by atoms with Crippen LogP contribution in [0.4, 0.5) is 14.9 Å². The van der Waals surface area contributed by atoms with E-state index in [0.29, 0.717) is 13.2 Å². The van der Waals surface area contributed by atoms with Gasteiger partial charge in [-0.25, -0.2) is 9.18 Å². The number of rotatable bonds is 3. The minimum atomic E-state index is -0.382. The first kappa shape index (κ1) is 16.5. The number of fused-ring (bicyclic) bond motifs is 1. The number of carbonyl (C=O) groups is 1. The van der Waals surface area contributed by atoms with Crippen LogP contribution in [-0.2, 0) is 4.74 Å². The predicted molar refractivity (Wildman–Crippen MR) is 106 cm³/mol. The third kappa shape index (κ3) is 2.62. The molecule has 0 saturated carbocycles. The van der Waals surface area contributed by atoms with E-state index >= 15 is 0 Å². The van der Waals surface area contributed by atoms with E-state index in [1.54, 1.807) is 23.2 Å².